The standard InChI is InChI=1S/C20H19N3O4/c1-3-20(16-7-5-4-6-8-16)18(25)23(19(26)22-20)21-13-14-9-11-15(12-10-14)17(24)27-2/h4-13H,3H2,1-2H3,(H,22,26)/b21-13-/t20-/m1/s1. The molecule has 0 radical (unpaired) electrons. The van der Waals surface area contributed by atoms with Crippen LogP contribution in [0.4, 0.5) is 4.79 Å². The van der Waals surface area contributed by atoms with Crippen molar-refractivity contribution in [2.24, 2.45) is 5.10 Å². The highest BCUT2D eigenvalue weighted by Crippen LogP contribution is 2.32. The van der Waals surface area contributed by atoms with E-state index in [-0.39, 0.29) is 0 Å². The van der Waals surface area contributed by atoms with Crippen molar-refractivity contribution in [1.29, 1.82) is 0 Å². The summed E-state index contributed by atoms with van der Waals surface area (Å²) in [5.41, 5.74) is 0.631. The van der Waals surface area contributed by atoms with Gasteiger partial charge in [0.1, 0.15) is 5.54 Å². The van der Waals surface area contributed by atoms with Gasteiger partial charge in [0.2, 0.25) is 0 Å². The van der Waals surface area contributed by atoms with Crippen LogP contribution in [0.3, 0.4) is 0 Å². The van der Waals surface area contributed by atoms with Crippen molar-refractivity contribution in [3.05, 3.63) is 71.3 Å². The zero-order chi connectivity index (χ0) is 19.4. The average molecular weight is 365 g/mol. The number of imide groups is 1. The van der Waals surface area contributed by atoms with Gasteiger partial charge in [0.25, 0.3) is 5.91 Å². The molecule has 1 N–H and O–H groups in total. The number of esters is 1. The molecule has 1 saturated heterocycles. The molecule has 7 heteroatoms. The number of hydrogen-bond acceptors (Lipinski definition) is 5. The molecule has 1 aliphatic rings. The minimum absolute atomic E-state index is 0.402. The molecule has 0 unspecified atom stereocenters. The number of rotatable bonds is 5. The summed E-state index contributed by atoms with van der Waals surface area (Å²) in [6.45, 7) is 1.84. The fourth-order valence-corrected chi connectivity index (χ4v) is 2.98. The van der Waals surface area contributed by atoms with Crippen molar-refractivity contribution in [1.82, 2.24) is 10.3 Å². The number of ether oxygens (including phenoxy) is 1. The van der Waals surface area contributed by atoms with Crippen molar-refractivity contribution in [3.63, 3.8) is 0 Å². The summed E-state index contributed by atoms with van der Waals surface area (Å²) in [5, 5.41) is 7.65. The van der Waals surface area contributed by atoms with Crippen LogP contribution in [-0.2, 0) is 15.1 Å². The third kappa shape index (κ3) is 3.31. The first-order chi connectivity index (χ1) is 13.0. The van der Waals surface area contributed by atoms with Crippen molar-refractivity contribution < 1.29 is 19.1 Å². The van der Waals surface area contributed by atoms with Gasteiger partial charge in [-0.15, -0.1) is 5.01 Å². The average Bonchev–Trinajstić information content (AvgIpc) is 2.97. The van der Waals surface area contributed by atoms with Crippen LogP contribution >= 0.6 is 0 Å². The smallest absolute Gasteiger partial charge is 0.346 e. The lowest BCUT2D eigenvalue weighted by Crippen LogP contribution is -2.43. The summed E-state index contributed by atoms with van der Waals surface area (Å²) in [6.07, 6.45) is 1.80. The quantitative estimate of drug-likeness (QED) is 0.501. The summed E-state index contributed by atoms with van der Waals surface area (Å²) in [4.78, 5) is 36.8. The van der Waals surface area contributed by atoms with E-state index in [9.17, 15) is 14.4 Å². The Morgan fingerprint density at radius 1 is 1.15 bits per heavy atom. The summed E-state index contributed by atoms with van der Waals surface area (Å²) in [7, 11) is 1.31. The van der Waals surface area contributed by atoms with Crippen molar-refractivity contribution >= 4 is 24.1 Å². The second-order valence-electron chi connectivity index (χ2n) is 6.03. The van der Waals surface area contributed by atoms with E-state index in [2.05, 4.69) is 15.2 Å². The topological polar surface area (TPSA) is 88.1 Å². The second-order valence-corrected chi connectivity index (χ2v) is 6.03. The Bertz CT molecular complexity index is 893. The lowest BCUT2D eigenvalue weighted by atomic mass is 9.87. The van der Waals surface area contributed by atoms with E-state index >= 15 is 0 Å². The van der Waals surface area contributed by atoms with Crippen molar-refractivity contribution in [2.45, 2.75) is 18.9 Å². The molecule has 3 amide bonds. The highest BCUT2D eigenvalue weighted by atomic mass is 16.5. The third-order valence-electron chi connectivity index (χ3n) is 4.52. The highest BCUT2D eigenvalue weighted by molar-refractivity contribution is 6.07. The first kappa shape index (κ1) is 18.3. The lowest BCUT2D eigenvalue weighted by molar-refractivity contribution is -0.131. The van der Waals surface area contributed by atoms with E-state index in [0.29, 0.717) is 23.1 Å². The molecule has 1 aliphatic heterocycles. The van der Waals surface area contributed by atoms with Gasteiger partial charge in [0, 0.05) is 0 Å². The van der Waals surface area contributed by atoms with Gasteiger partial charge in [-0.1, -0.05) is 49.4 Å². The molecule has 3 rings (SSSR count). The maximum absolute atomic E-state index is 12.9. The summed E-state index contributed by atoms with van der Waals surface area (Å²) < 4.78 is 4.64. The number of urea groups is 1. The molecule has 0 aromatic heterocycles. The van der Waals surface area contributed by atoms with Crippen molar-refractivity contribution in [2.75, 3.05) is 7.11 Å². The van der Waals surface area contributed by atoms with E-state index in [0.717, 1.165) is 5.01 Å². The minimum atomic E-state index is -1.12. The van der Waals surface area contributed by atoms with Crippen LogP contribution in [0.15, 0.2) is 59.7 Å². The van der Waals surface area contributed by atoms with Gasteiger partial charge in [0.15, 0.2) is 0 Å². The molecule has 0 bridgehead atoms. The van der Waals surface area contributed by atoms with Crippen LogP contribution in [0, 0.1) is 0 Å². The molecule has 2 aromatic carbocycles. The van der Waals surface area contributed by atoms with Crippen LogP contribution < -0.4 is 5.32 Å². The predicted octanol–water partition coefficient (Wildman–Crippen LogP) is 2.66. The predicted molar refractivity (Wildman–Crippen MR) is 99.2 cm³/mol. The minimum Gasteiger partial charge on any atom is -0.465 e. The molecule has 7 nitrogen and oxygen atoms in total. The largest absolute Gasteiger partial charge is 0.465 e. The van der Waals surface area contributed by atoms with Gasteiger partial charge in [-0.25, -0.2) is 9.59 Å². The van der Waals surface area contributed by atoms with E-state index in [1.807, 2.05) is 25.1 Å². The SMILES string of the molecule is CC[C@]1(c2ccccc2)NC(=O)N(/N=C\c2ccc(C(=O)OC)cc2)C1=O. The number of methoxy groups -OCH3 is 1. The van der Waals surface area contributed by atoms with Crippen molar-refractivity contribution in [3.8, 4) is 0 Å². The molecular formula is C20H19N3O4. The number of carbonyl (C=O) groups is 3. The van der Waals surface area contributed by atoms with Gasteiger partial charge in [-0.2, -0.15) is 5.10 Å². The summed E-state index contributed by atoms with van der Waals surface area (Å²) >= 11 is 0. The fraction of sp³-hybridized carbons (Fsp3) is 0.200. The number of nitrogens with one attached hydrogen (secondary N) is 1. The third-order valence-corrected chi connectivity index (χ3v) is 4.52. The van der Waals surface area contributed by atoms with Gasteiger partial charge >= 0.3 is 12.0 Å². The normalized spacial score (nSPS) is 19.4. The number of carbonyl (C=O) groups excluding carboxylic acids is 3. The fourth-order valence-electron chi connectivity index (χ4n) is 2.98. The maximum atomic E-state index is 12.9. The highest BCUT2D eigenvalue weighted by Gasteiger charge is 2.51. The van der Waals surface area contributed by atoms with Crippen LogP contribution in [0.5, 0.6) is 0 Å². The molecule has 2 aromatic rings. The maximum Gasteiger partial charge on any atom is 0.346 e. The first-order valence-corrected chi connectivity index (χ1v) is 8.46. The molecule has 1 fully saturated rings. The molecule has 0 aliphatic carbocycles. The Hall–Kier alpha value is -3.48. The molecule has 27 heavy (non-hydrogen) atoms. The van der Waals surface area contributed by atoms with E-state index < -0.39 is 23.4 Å². The van der Waals surface area contributed by atoms with Crippen LogP contribution in [0.2, 0.25) is 0 Å². The van der Waals surface area contributed by atoms with Gasteiger partial charge < -0.3 is 10.1 Å². The van der Waals surface area contributed by atoms with Gasteiger partial charge in [0.05, 0.1) is 18.9 Å². The summed E-state index contributed by atoms with van der Waals surface area (Å²) in [6, 6.07) is 15.0. The number of nitrogens with zero attached hydrogens (tertiary/aromatic N) is 2. The zero-order valence-electron chi connectivity index (χ0n) is 15.0. The Labute approximate surface area is 156 Å². The van der Waals surface area contributed by atoms with Crippen LogP contribution in [0.25, 0.3) is 0 Å². The van der Waals surface area contributed by atoms with Crippen LogP contribution in [-0.4, -0.2) is 36.2 Å². The molecule has 138 valence electrons. The summed E-state index contributed by atoms with van der Waals surface area (Å²) in [5.74, 6) is -0.869. The van der Waals surface area contributed by atoms with Gasteiger partial charge in [-0.3, -0.25) is 4.79 Å². The number of benzene rings is 2. The number of hydrazone groups is 1. The van der Waals surface area contributed by atoms with E-state index in [1.54, 1.807) is 36.4 Å². The Balaban J connectivity index is 1.83. The molecule has 1 heterocycles. The lowest BCUT2D eigenvalue weighted by Gasteiger charge is -2.24. The molecule has 0 spiro atoms. The second kappa shape index (κ2) is 7.41. The molecule has 0 saturated carbocycles. The Morgan fingerprint density at radius 2 is 1.81 bits per heavy atom. The molecule has 1 atom stereocenters. The molecular weight excluding hydrogens is 346 g/mol. The number of hydrogen-bond donors (Lipinski definition) is 1. The van der Waals surface area contributed by atoms with Gasteiger partial charge in [-0.05, 0) is 29.7 Å². The zero-order valence-corrected chi connectivity index (χ0v) is 15.0. The number of amides is 3. The Kier molecular flexibility index (Phi) is 5.03. The Morgan fingerprint density at radius 3 is 2.41 bits per heavy atom. The first-order valence-electron chi connectivity index (χ1n) is 8.46. The van der Waals surface area contributed by atoms with E-state index in [1.165, 1.54) is 13.3 Å². The van der Waals surface area contributed by atoms with Crippen LogP contribution in [0.1, 0.15) is 34.8 Å². The monoisotopic (exact) mass is 365 g/mol. The van der Waals surface area contributed by atoms with E-state index in [4.69, 9.17) is 0 Å².